The van der Waals surface area contributed by atoms with E-state index in [-0.39, 0.29) is 13.0 Å². The zero-order chi connectivity index (χ0) is 16.7. The Hall–Kier alpha value is -2.17. The van der Waals surface area contributed by atoms with E-state index in [1.165, 1.54) is 0 Å². The Morgan fingerprint density at radius 1 is 1.04 bits per heavy atom. The van der Waals surface area contributed by atoms with Gasteiger partial charge in [-0.15, -0.1) is 0 Å². The molecule has 0 amide bonds. The molecular weight excluding hydrogens is 290 g/mol. The van der Waals surface area contributed by atoms with E-state index in [0.29, 0.717) is 12.1 Å². The number of esters is 1. The lowest BCUT2D eigenvalue weighted by Gasteiger charge is -2.27. The Kier molecular flexibility index (Phi) is 5.90. The predicted octanol–water partition coefficient (Wildman–Crippen LogP) is 2.22. The molecule has 2 aromatic carbocycles. The van der Waals surface area contributed by atoms with Gasteiger partial charge in [-0.3, -0.25) is 0 Å². The summed E-state index contributed by atoms with van der Waals surface area (Å²) in [4.78, 5) is 14.5. The minimum Gasteiger partial charge on any atom is -0.462 e. The molecule has 23 heavy (non-hydrogen) atoms. The maximum Gasteiger partial charge on any atom is 0.343 e. The van der Waals surface area contributed by atoms with Crippen LogP contribution in [0.4, 0.5) is 0 Å². The fraction of sp³-hybridized carbons (Fsp3) is 0.316. The van der Waals surface area contributed by atoms with Crippen LogP contribution >= 0.6 is 0 Å². The third kappa shape index (κ3) is 4.65. The number of hydrogen-bond acceptors (Lipinski definition) is 4. The van der Waals surface area contributed by atoms with Crippen molar-refractivity contribution < 1.29 is 14.6 Å². The number of likely N-dealkylation sites (N-methyl/N-ethyl adjacent to an activating group) is 1. The highest BCUT2D eigenvalue weighted by molar-refractivity contribution is 5.81. The van der Waals surface area contributed by atoms with Crippen molar-refractivity contribution in [3.05, 3.63) is 71.8 Å². The molecule has 1 atom stereocenters. The Morgan fingerprint density at radius 2 is 1.61 bits per heavy atom. The number of aliphatic hydroxyl groups is 1. The van der Waals surface area contributed by atoms with Crippen LogP contribution in [0.1, 0.15) is 11.1 Å². The number of hydrogen-bond donors (Lipinski definition) is 1. The molecule has 0 radical (unpaired) electrons. The Morgan fingerprint density at radius 3 is 2.17 bits per heavy atom. The standard InChI is InChI=1S/C19H23NO3/c1-20(2)13-14-23-18(21)19(22,17-11-7-4-8-12-17)15-16-9-5-3-6-10-16/h3-12,22H,13-15H2,1-2H3/t19-/m1/s1. The average Bonchev–Trinajstić information content (AvgIpc) is 2.56. The van der Waals surface area contributed by atoms with Gasteiger partial charge in [-0.05, 0) is 25.2 Å². The van der Waals surface area contributed by atoms with Crippen molar-refractivity contribution in [2.24, 2.45) is 0 Å². The van der Waals surface area contributed by atoms with E-state index in [4.69, 9.17) is 4.74 Å². The number of carbonyl (C=O) groups is 1. The van der Waals surface area contributed by atoms with E-state index in [1.54, 1.807) is 24.3 Å². The third-order valence-electron chi connectivity index (χ3n) is 3.66. The summed E-state index contributed by atoms with van der Waals surface area (Å²) in [7, 11) is 3.81. The number of nitrogens with zero attached hydrogens (tertiary/aromatic N) is 1. The topological polar surface area (TPSA) is 49.8 Å². The molecule has 1 N–H and O–H groups in total. The fourth-order valence-corrected chi connectivity index (χ4v) is 2.34. The first-order valence-corrected chi connectivity index (χ1v) is 7.66. The van der Waals surface area contributed by atoms with Gasteiger partial charge in [-0.25, -0.2) is 4.79 Å². The van der Waals surface area contributed by atoms with E-state index in [2.05, 4.69) is 0 Å². The number of ether oxygens (including phenoxy) is 1. The predicted molar refractivity (Wildman–Crippen MR) is 90.0 cm³/mol. The molecule has 4 nitrogen and oxygen atoms in total. The van der Waals surface area contributed by atoms with E-state index >= 15 is 0 Å². The second kappa shape index (κ2) is 7.90. The summed E-state index contributed by atoms with van der Waals surface area (Å²) in [6.45, 7) is 0.859. The largest absolute Gasteiger partial charge is 0.462 e. The molecule has 0 aliphatic rings. The first-order chi connectivity index (χ1) is 11.0. The zero-order valence-electron chi connectivity index (χ0n) is 13.6. The molecule has 2 rings (SSSR count). The van der Waals surface area contributed by atoms with E-state index in [1.807, 2.05) is 55.4 Å². The zero-order valence-corrected chi connectivity index (χ0v) is 13.6. The van der Waals surface area contributed by atoms with Crippen LogP contribution in [0.15, 0.2) is 60.7 Å². The maximum absolute atomic E-state index is 12.6. The molecule has 0 fully saturated rings. The number of benzene rings is 2. The summed E-state index contributed by atoms with van der Waals surface area (Å²) in [5, 5.41) is 11.1. The third-order valence-corrected chi connectivity index (χ3v) is 3.66. The highest BCUT2D eigenvalue weighted by Crippen LogP contribution is 2.27. The van der Waals surface area contributed by atoms with Gasteiger partial charge in [0.2, 0.25) is 0 Å². The molecule has 0 saturated carbocycles. The molecule has 0 heterocycles. The Bertz CT molecular complexity index is 613. The molecule has 0 saturated heterocycles. The number of carbonyl (C=O) groups excluding carboxylic acids is 1. The lowest BCUT2D eigenvalue weighted by molar-refractivity contribution is -0.167. The molecule has 4 heteroatoms. The van der Waals surface area contributed by atoms with Crippen molar-refractivity contribution in [2.45, 2.75) is 12.0 Å². The minimum absolute atomic E-state index is 0.179. The van der Waals surface area contributed by atoms with Crippen molar-refractivity contribution in [3.63, 3.8) is 0 Å². The second-order valence-corrected chi connectivity index (χ2v) is 5.83. The fourth-order valence-electron chi connectivity index (χ4n) is 2.34. The van der Waals surface area contributed by atoms with Crippen molar-refractivity contribution in [2.75, 3.05) is 27.2 Å². The summed E-state index contributed by atoms with van der Waals surface area (Å²) in [6, 6.07) is 18.4. The van der Waals surface area contributed by atoms with Crippen LogP contribution in [0.2, 0.25) is 0 Å². The van der Waals surface area contributed by atoms with Crippen LogP contribution in [-0.4, -0.2) is 43.2 Å². The van der Waals surface area contributed by atoms with Crippen molar-refractivity contribution >= 4 is 5.97 Å². The van der Waals surface area contributed by atoms with Crippen LogP contribution in [0.3, 0.4) is 0 Å². The van der Waals surface area contributed by atoms with Crippen LogP contribution < -0.4 is 0 Å². The quantitative estimate of drug-likeness (QED) is 0.796. The molecule has 0 aliphatic heterocycles. The molecule has 122 valence electrons. The van der Waals surface area contributed by atoms with E-state index in [9.17, 15) is 9.90 Å². The van der Waals surface area contributed by atoms with Gasteiger partial charge in [-0.1, -0.05) is 60.7 Å². The molecule has 0 aliphatic carbocycles. The molecule has 0 spiro atoms. The van der Waals surface area contributed by atoms with Gasteiger partial charge in [0.15, 0.2) is 5.60 Å². The molecule has 0 unspecified atom stereocenters. The summed E-state index contributed by atoms with van der Waals surface area (Å²) >= 11 is 0. The first-order valence-electron chi connectivity index (χ1n) is 7.66. The van der Waals surface area contributed by atoms with Gasteiger partial charge in [-0.2, -0.15) is 0 Å². The Balaban J connectivity index is 2.22. The van der Waals surface area contributed by atoms with Gasteiger partial charge in [0, 0.05) is 13.0 Å². The van der Waals surface area contributed by atoms with Crippen LogP contribution in [0.25, 0.3) is 0 Å². The van der Waals surface area contributed by atoms with Crippen LogP contribution in [0.5, 0.6) is 0 Å². The summed E-state index contributed by atoms with van der Waals surface area (Å²) in [5.41, 5.74) is -0.267. The van der Waals surface area contributed by atoms with E-state index in [0.717, 1.165) is 5.56 Å². The second-order valence-electron chi connectivity index (χ2n) is 5.83. The highest BCUT2D eigenvalue weighted by Gasteiger charge is 2.39. The molecule has 0 bridgehead atoms. The summed E-state index contributed by atoms with van der Waals surface area (Å²) < 4.78 is 5.31. The van der Waals surface area contributed by atoms with Gasteiger partial charge in [0.05, 0.1) is 0 Å². The maximum atomic E-state index is 12.6. The molecular formula is C19H23NO3. The Labute approximate surface area is 137 Å². The van der Waals surface area contributed by atoms with Gasteiger partial charge < -0.3 is 14.7 Å². The van der Waals surface area contributed by atoms with Crippen molar-refractivity contribution in [1.82, 2.24) is 4.90 Å². The van der Waals surface area contributed by atoms with Crippen molar-refractivity contribution in [1.29, 1.82) is 0 Å². The normalized spacial score (nSPS) is 13.6. The van der Waals surface area contributed by atoms with Gasteiger partial charge >= 0.3 is 5.97 Å². The van der Waals surface area contributed by atoms with Crippen molar-refractivity contribution in [3.8, 4) is 0 Å². The first kappa shape index (κ1) is 17.2. The van der Waals surface area contributed by atoms with Gasteiger partial charge in [0.25, 0.3) is 0 Å². The monoisotopic (exact) mass is 313 g/mol. The lowest BCUT2D eigenvalue weighted by atomic mass is 9.87. The van der Waals surface area contributed by atoms with Crippen LogP contribution in [-0.2, 0) is 21.6 Å². The lowest BCUT2D eigenvalue weighted by Crippen LogP contribution is -2.40. The van der Waals surface area contributed by atoms with Gasteiger partial charge in [0.1, 0.15) is 6.61 Å². The molecule has 2 aromatic rings. The number of rotatable bonds is 7. The highest BCUT2D eigenvalue weighted by atomic mass is 16.5. The smallest absolute Gasteiger partial charge is 0.343 e. The summed E-state index contributed by atoms with van der Waals surface area (Å²) in [6.07, 6.45) is 0.179. The summed E-state index contributed by atoms with van der Waals surface area (Å²) in [5.74, 6) is -0.616. The average molecular weight is 313 g/mol. The SMILES string of the molecule is CN(C)CCOC(=O)[C@@](O)(Cc1ccccc1)c1ccccc1. The van der Waals surface area contributed by atoms with Crippen LogP contribution in [0, 0.1) is 0 Å². The van der Waals surface area contributed by atoms with E-state index < -0.39 is 11.6 Å². The molecule has 0 aromatic heterocycles. The minimum atomic E-state index is -1.69.